The number of alkyl halides is 3. The predicted octanol–water partition coefficient (Wildman–Crippen LogP) is 6.72. The third-order valence-electron chi connectivity index (χ3n) is 5.45. The van der Waals surface area contributed by atoms with Crippen molar-refractivity contribution in [3.63, 3.8) is 0 Å². The first-order valence-corrected chi connectivity index (χ1v) is 10.9. The van der Waals surface area contributed by atoms with Gasteiger partial charge in [0.15, 0.2) is 6.04 Å². The lowest BCUT2D eigenvalue weighted by molar-refractivity contribution is -0.385. The van der Waals surface area contributed by atoms with E-state index in [0.29, 0.717) is 4.90 Å². The molecule has 1 aliphatic rings. The molecule has 13 heteroatoms. The van der Waals surface area contributed by atoms with Crippen molar-refractivity contribution in [2.75, 3.05) is 0 Å². The number of hydrogen-bond donors (Lipinski definition) is 1. The average Bonchev–Trinajstić information content (AvgIpc) is 3.39. The van der Waals surface area contributed by atoms with Gasteiger partial charge in [-0.2, -0.15) is 13.2 Å². The number of H-pyrrole nitrogens is 1. The minimum atomic E-state index is -5.09. The number of aromatic amines is 1. The SMILES string of the molecule is CC(C)(C)OC(=O)N1C(c2cc(F)ccc2Cl)c2c(cc(-c3ncc[nH]3)cc2[N+](=O)[O-])C1C(F)(F)F. The van der Waals surface area contributed by atoms with E-state index in [9.17, 15) is 32.5 Å². The minimum absolute atomic E-state index is 0.00479. The Morgan fingerprint density at radius 1 is 1.19 bits per heavy atom. The molecule has 1 N–H and O–H groups in total. The molecule has 2 heterocycles. The highest BCUT2D eigenvalue weighted by molar-refractivity contribution is 6.31. The van der Waals surface area contributed by atoms with Gasteiger partial charge in [-0.25, -0.2) is 14.2 Å². The number of nitro groups is 1. The predicted molar refractivity (Wildman–Crippen MR) is 121 cm³/mol. The lowest BCUT2D eigenvalue weighted by Gasteiger charge is -2.34. The van der Waals surface area contributed by atoms with Crippen LogP contribution in [0.3, 0.4) is 0 Å². The van der Waals surface area contributed by atoms with Gasteiger partial charge in [0.2, 0.25) is 0 Å². The Kier molecular flexibility index (Phi) is 6.19. The van der Waals surface area contributed by atoms with Gasteiger partial charge in [0.25, 0.3) is 5.69 Å². The zero-order valence-electron chi connectivity index (χ0n) is 19.1. The third kappa shape index (κ3) is 4.60. The molecule has 0 saturated heterocycles. The van der Waals surface area contributed by atoms with E-state index in [1.165, 1.54) is 33.2 Å². The van der Waals surface area contributed by atoms with Crippen molar-refractivity contribution in [2.24, 2.45) is 0 Å². The number of ether oxygens (including phenoxy) is 1. The molecule has 2 unspecified atom stereocenters. The second-order valence-corrected chi connectivity index (χ2v) is 9.50. The van der Waals surface area contributed by atoms with Crippen LogP contribution in [-0.2, 0) is 4.74 Å². The van der Waals surface area contributed by atoms with E-state index in [-0.39, 0.29) is 22.0 Å². The van der Waals surface area contributed by atoms with Crippen LogP contribution in [0.25, 0.3) is 11.4 Å². The molecule has 2 atom stereocenters. The van der Waals surface area contributed by atoms with Gasteiger partial charge >= 0.3 is 12.3 Å². The van der Waals surface area contributed by atoms with Gasteiger partial charge in [-0.1, -0.05) is 11.6 Å². The van der Waals surface area contributed by atoms with Crippen molar-refractivity contribution in [1.29, 1.82) is 0 Å². The van der Waals surface area contributed by atoms with Crippen molar-refractivity contribution < 1.29 is 32.0 Å². The molecular weight excluding hydrogens is 508 g/mol. The molecule has 0 fully saturated rings. The Morgan fingerprint density at radius 2 is 1.89 bits per heavy atom. The normalized spacial score (nSPS) is 17.7. The van der Waals surface area contributed by atoms with Crippen molar-refractivity contribution in [3.8, 4) is 11.4 Å². The van der Waals surface area contributed by atoms with E-state index in [0.717, 1.165) is 30.3 Å². The molecule has 1 amide bonds. The topological polar surface area (TPSA) is 101 Å². The summed E-state index contributed by atoms with van der Waals surface area (Å²) in [7, 11) is 0. The third-order valence-corrected chi connectivity index (χ3v) is 5.79. The van der Waals surface area contributed by atoms with Crippen LogP contribution >= 0.6 is 11.6 Å². The van der Waals surface area contributed by atoms with Crippen LogP contribution in [0.5, 0.6) is 0 Å². The van der Waals surface area contributed by atoms with Gasteiger partial charge in [-0.05, 0) is 50.6 Å². The molecule has 1 aliphatic heterocycles. The first-order valence-electron chi connectivity index (χ1n) is 10.5. The van der Waals surface area contributed by atoms with Crippen LogP contribution in [0.1, 0.15) is 49.5 Å². The molecule has 0 aliphatic carbocycles. The second kappa shape index (κ2) is 8.77. The Morgan fingerprint density at radius 3 is 2.44 bits per heavy atom. The molecule has 36 heavy (non-hydrogen) atoms. The Bertz CT molecular complexity index is 1340. The van der Waals surface area contributed by atoms with Gasteiger partial charge in [0, 0.05) is 34.6 Å². The Balaban J connectivity index is 2.09. The standard InChI is InChI=1S/C23H19ClF4N4O4/c1-22(2,3)36-21(33)31-18(13-10-12(25)4-5-15(13)24)17-14(19(31)23(26,27)28)8-11(9-16(17)32(34)35)20-29-6-7-30-20/h4-10,18-19H,1-3H3,(H,29,30). The summed E-state index contributed by atoms with van der Waals surface area (Å²) in [4.78, 5) is 31.5. The smallest absolute Gasteiger partial charge is 0.413 e. The highest BCUT2D eigenvalue weighted by Crippen LogP contribution is 2.56. The van der Waals surface area contributed by atoms with Crippen LogP contribution < -0.4 is 0 Å². The molecule has 3 aromatic rings. The maximum atomic E-state index is 14.6. The van der Waals surface area contributed by atoms with Crippen LogP contribution in [0.15, 0.2) is 42.7 Å². The monoisotopic (exact) mass is 526 g/mol. The second-order valence-electron chi connectivity index (χ2n) is 9.09. The molecule has 0 bridgehead atoms. The highest BCUT2D eigenvalue weighted by atomic mass is 35.5. The van der Waals surface area contributed by atoms with Crippen LogP contribution in [-0.4, -0.2) is 37.7 Å². The summed E-state index contributed by atoms with van der Waals surface area (Å²) in [6.07, 6.45) is -3.76. The molecule has 4 rings (SSSR count). The summed E-state index contributed by atoms with van der Waals surface area (Å²) in [5.74, 6) is -0.775. The summed E-state index contributed by atoms with van der Waals surface area (Å²) in [6.45, 7) is 4.37. The van der Waals surface area contributed by atoms with E-state index in [4.69, 9.17) is 16.3 Å². The first-order chi connectivity index (χ1) is 16.7. The minimum Gasteiger partial charge on any atom is -0.444 e. The quantitative estimate of drug-likeness (QED) is 0.232. The van der Waals surface area contributed by atoms with E-state index in [2.05, 4.69) is 9.97 Å². The van der Waals surface area contributed by atoms with Crippen molar-refractivity contribution in [1.82, 2.24) is 14.9 Å². The number of nitro benzene ring substituents is 1. The number of imidazole rings is 1. The van der Waals surface area contributed by atoms with Crippen molar-refractivity contribution >= 4 is 23.4 Å². The number of carbonyl (C=O) groups excluding carboxylic acids is 1. The highest BCUT2D eigenvalue weighted by Gasteiger charge is 2.58. The lowest BCUT2D eigenvalue weighted by Crippen LogP contribution is -2.43. The maximum Gasteiger partial charge on any atom is 0.413 e. The molecular formula is C23H19ClF4N4O4. The largest absolute Gasteiger partial charge is 0.444 e. The van der Waals surface area contributed by atoms with Gasteiger partial charge in [0.1, 0.15) is 17.2 Å². The molecule has 0 spiro atoms. The molecule has 8 nitrogen and oxygen atoms in total. The van der Waals surface area contributed by atoms with Crippen molar-refractivity contribution in [2.45, 2.75) is 44.6 Å². The average molecular weight is 527 g/mol. The van der Waals surface area contributed by atoms with Gasteiger partial charge in [0.05, 0.1) is 16.5 Å². The summed E-state index contributed by atoms with van der Waals surface area (Å²) in [6, 6.07) is 0.624. The number of rotatable bonds is 3. The number of nitrogens with one attached hydrogen (secondary N) is 1. The Hall–Kier alpha value is -3.67. The summed E-state index contributed by atoms with van der Waals surface area (Å²) < 4.78 is 63.3. The van der Waals surface area contributed by atoms with E-state index in [1.54, 1.807) is 0 Å². The lowest BCUT2D eigenvalue weighted by atomic mass is 9.93. The first kappa shape index (κ1) is 25.4. The summed E-state index contributed by atoms with van der Waals surface area (Å²) in [5.41, 5.74) is -3.21. The number of aromatic nitrogens is 2. The summed E-state index contributed by atoms with van der Waals surface area (Å²) in [5, 5.41) is 11.9. The van der Waals surface area contributed by atoms with E-state index >= 15 is 0 Å². The summed E-state index contributed by atoms with van der Waals surface area (Å²) >= 11 is 6.24. The molecule has 0 saturated carbocycles. The number of fused-ring (bicyclic) bond motifs is 1. The number of amides is 1. The zero-order valence-corrected chi connectivity index (χ0v) is 19.8. The molecule has 1 aromatic heterocycles. The molecule has 2 aromatic carbocycles. The number of nitrogens with zero attached hydrogens (tertiary/aromatic N) is 3. The number of benzene rings is 2. The number of hydrogen-bond acceptors (Lipinski definition) is 5. The number of halogens is 5. The van der Waals surface area contributed by atoms with Crippen LogP contribution in [0, 0.1) is 15.9 Å². The van der Waals surface area contributed by atoms with E-state index in [1.807, 2.05) is 0 Å². The van der Waals surface area contributed by atoms with Crippen molar-refractivity contribution in [3.05, 3.63) is 80.4 Å². The fraction of sp³-hybridized carbons (Fsp3) is 0.304. The maximum absolute atomic E-state index is 14.6. The Labute approximate surface area is 207 Å². The van der Waals surface area contributed by atoms with Crippen LogP contribution in [0.2, 0.25) is 5.02 Å². The van der Waals surface area contributed by atoms with E-state index < -0.39 is 57.5 Å². The number of carbonyl (C=O) groups is 1. The fourth-order valence-corrected chi connectivity index (χ4v) is 4.44. The van der Waals surface area contributed by atoms with Gasteiger partial charge in [-0.15, -0.1) is 0 Å². The van der Waals surface area contributed by atoms with Gasteiger partial charge < -0.3 is 9.72 Å². The fourth-order valence-electron chi connectivity index (χ4n) is 4.22. The molecule has 190 valence electrons. The van der Waals surface area contributed by atoms with Gasteiger partial charge in [-0.3, -0.25) is 15.0 Å². The molecule has 0 radical (unpaired) electrons. The van der Waals surface area contributed by atoms with Crippen LogP contribution in [0.4, 0.5) is 28.0 Å². The zero-order chi connectivity index (χ0) is 26.6.